The molecule has 0 saturated carbocycles. The van der Waals surface area contributed by atoms with Gasteiger partial charge in [-0.15, -0.1) is 0 Å². The van der Waals surface area contributed by atoms with Crippen molar-refractivity contribution >= 4 is 11.9 Å². The summed E-state index contributed by atoms with van der Waals surface area (Å²) in [5.74, 6) is 1.21. The number of carbonyl (C=O) groups excluding carboxylic acids is 2. The smallest absolute Gasteiger partial charge is 0.320 e. The fourth-order valence-electron chi connectivity index (χ4n) is 4.46. The van der Waals surface area contributed by atoms with Crippen molar-refractivity contribution in [3.63, 3.8) is 0 Å². The first-order valence-electron chi connectivity index (χ1n) is 10.5. The summed E-state index contributed by atoms with van der Waals surface area (Å²) in [5.41, 5.74) is -0.594. The number of aromatic nitrogens is 2. The van der Waals surface area contributed by atoms with Crippen LogP contribution in [0.15, 0.2) is 12.4 Å². The molecule has 0 radical (unpaired) electrons. The van der Waals surface area contributed by atoms with Gasteiger partial charge in [-0.25, -0.2) is 9.78 Å². The summed E-state index contributed by atoms with van der Waals surface area (Å²) in [5, 5.41) is 2.99. The molecule has 1 aromatic heterocycles. The Hall–Kier alpha value is -2.09. The molecule has 1 N–H and O–H groups in total. The van der Waals surface area contributed by atoms with Crippen LogP contribution < -0.4 is 5.32 Å². The Morgan fingerprint density at radius 2 is 1.89 bits per heavy atom. The number of nitrogens with zero attached hydrogens (tertiary/aromatic N) is 4. The number of hydrogen-bond donors (Lipinski definition) is 1. The van der Waals surface area contributed by atoms with Crippen molar-refractivity contribution in [1.29, 1.82) is 0 Å². The quantitative estimate of drug-likeness (QED) is 0.851. The summed E-state index contributed by atoms with van der Waals surface area (Å²) in [7, 11) is 0. The van der Waals surface area contributed by atoms with Crippen molar-refractivity contribution in [1.82, 2.24) is 24.7 Å². The molecular weight excluding hydrogens is 358 g/mol. The maximum absolute atomic E-state index is 12.7. The lowest BCUT2D eigenvalue weighted by atomic mass is 9.88. The number of amides is 3. The van der Waals surface area contributed by atoms with Gasteiger partial charge < -0.3 is 24.4 Å². The van der Waals surface area contributed by atoms with Crippen molar-refractivity contribution in [2.45, 2.75) is 57.8 Å². The first kappa shape index (κ1) is 19.2. The Kier molecular flexibility index (Phi) is 5.31. The maximum atomic E-state index is 12.7. The molecule has 8 heteroatoms. The molecule has 2 fully saturated rings. The summed E-state index contributed by atoms with van der Waals surface area (Å²) in [6, 6.07) is 0.137. The van der Waals surface area contributed by atoms with Gasteiger partial charge in [-0.2, -0.15) is 0 Å². The van der Waals surface area contributed by atoms with Crippen LogP contribution in [0.4, 0.5) is 4.79 Å². The lowest BCUT2D eigenvalue weighted by Crippen LogP contribution is -2.56. The van der Waals surface area contributed by atoms with E-state index < -0.39 is 11.7 Å². The third-order valence-electron chi connectivity index (χ3n) is 6.05. The average Bonchev–Trinajstić information content (AvgIpc) is 3.38. The van der Waals surface area contributed by atoms with Crippen molar-refractivity contribution in [3.8, 4) is 0 Å². The highest BCUT2D eigenvalue weighted by molar-refractivity contribution is 5.81. The SMILES string of the molecule is CC(C)CNC(=O)[C@H]1Cn2ccnc2C2(CCN(C(=O)N3CCCC3)CC2)O1. The summed E-state index contributed by atoms with van der Waals surface area (Å²) in [6.45, 7) is 8.25. The van der Waals surface area contributed by atoms with Crippen molar-refractivity contribution in [2.75, 3.05) is 32.7 Å². The van der Waals surface area contributed by atoms with Crippen molar-refractivity contribution < 1.29 is 14.3 Å². The maximum Gasteiger partial charge on any atom is 0.320 e. The van der Waals surface area contributed by atoms with Gasteiger partial charge in [0.05, 0.1) is 6.54 Å². The van der Waals surface area contributed by atoms with E-state index in [4.69, 9.17) is 4.74 Å². The highest BCUT2D eigenvalue weighted by atomic mass is 16.5. The Balaban J connectivity index is 1.46. The van der Waals surface area contributed by atoms with Crippen LogP contribution in [0.5, 0.6) is 0 Å². The molecule has 8 nitrogen and oxygen atoms in total. The van der Waals surface area contributed by atoms with E-state index in [1.807, 2.05) is 20.6 Å². The monoisotopic (exact) mass is 389 g/mol. The fourth-order valence-corrected chi connectivity index (χ4v) is 4.46. The first-order chi connectivity index (χ1) is 13.5. The van der Waals surface area contributed by atoms with Crippen LogP contribution in [-0.2, 0) is 21.7 Å². The summed E-state index contributed by atoms with van der Waals surface area (Å²) in [4.78, 5) is 33.8. The van der Waals surface area contributed by atoms with Crippen LogP contribution in [-0.4, -0.2) is 70.1 Å². The Morgan fingerprint density at radius 1 is 1.21 bits per heavy atom. The van der Waals surface area contributed by atoms with Crippen molar-refractivity contribution in [2.24, 2.45) is 5.92 Å². The summed E-state index contributed by atoms with van der Waals surface area (Å²) in [6.07, 6.45) is 6.69. The van der Waals surface area contributed by atoms with Crippen LogP contribution in [0, 0.1) is 5.92 Å². The van der Waals surface area contributed by atoms with E-state index in [1.165, 1.54) is 0 Å². The van der Waals surface area contributed by atoms with E-state index in [1.54, 1.807) is 6.20 Å². The number of fused-ring (bicyclic) bond motifs is 2. The number of carbonyl (C=O) groups is 2. The van der Waals surface area contributed by atoms with Crippen molar-refractivity contribution in [3.05, 3.63) is 18.2 Å². The summed E-state index contributed by atoms with van der Waals surface area (Å²) < 4.78 is 8.44. The van der Waals surface area contributed by atoms with Crippen LogP contribution in [0.2, 0.25) is 0 Å². The number of hydrogen-bond acceptors (Lipinski definition) is 4. The molecule has 2 saturated heterocycles. The molecule has 1 aromatic rings. The number of urea groups is 1. The molecule has 3 aliphatic rings. The molecule has 1 atom stereocenters. The van der Waals surface area contributed by atoms with E-state index >= 15 is 0 Å². The van der Waals surface area contributed by atoms with E-state index in [0.29, 0.717) is 44.9 Å². The predicted molar refractivity (Wildman–Crippen MR) is 104 cm³/mol. The van der Waals surface area contributed by atoms with Crippen LogP contribution in [0.1, 0.15) is 45.4 Å². The van der Waals surface area contributed by atoms with Gasteiger partial charge in [0, 0.05) is 58.0 Å². The number of nitrogens with one attached hydrogen (secondary N) is 1. The second-order valence-electron chi connectivity index (χ2n) is 8.61. The molecule has 1 spiro atoms. The number of piperidine rings is 1. The molecule has 3 aliphatic heterocycles. The second-order valence-corrected chi connectivity index (χ2v) is 8.61. The minimum atomic E-state index is -0.594. The van der Waals surface area contributed by atoms with Crippen LogP contribution >= 0.6 is 0 Å². The van der Waals surface area contributed by atoms with E-state index in [9.17, 15) is 9.59 Å². The zero-order valence-electron chi connectivity index (χ0n) is 16.9. The van der Waals surface area contributed by atoms with Crippen LogP contribution in [0.3, 0.4) is 0 Å². The summed E-state index contributed by atoms with van der Waals surface area (Å²) >= 11 is 0. The predicted octanol–water partition coefficient (Wildman–Crippen LogP) is 1.56. The van der Waals surface area contributed by atoms with Crippen LogP contribution in [0.25, 0.3) is 0 Å². The number of rotatable bonds is 3. The fraction of sp³-hybridized carbons (Fsp3) is 0.750. The third kappa shape index (κ3) is 3.62. The molecule has 154 valence electrons. The minimum Gasteiger partial charge on any atom is -0.354 e. The second kappa shape index (κ2) is 7.73. The molecule has 28 heavy (non-hydrogen) atoms. The number of ether oxygens (including phenoxy) is 1. The lowest BCUT2D eigenvalue weighted by molar-refractivity contribution is -0.172. The zero-order valence-corrected chi connectivity index (χ0v) is 16.9. The molecular formula is C20H31N5O3. The van der Waals surface area contributed by atoms with Gasteiger partial charge in [0.1, 0.15) is 11.4 Å². The zero-order chi connectivity index (χ0) is 19.7. The largest absolute Gasteiger partial charge is 0.354 e. The lowest BCUT2D eigenvalue weighted by Gasteiger charge is -2.46. The number of imidazole rings is 1. The minimum absolute atomic E-state index is 0.0667. The van der Waals surface area contributed by atoms with E-state index in [0.717, 1.165) is 31.8 Å². The van der Waals surface area contributed by atoms with Gasteiger partial charge in [0.2, 0.25) is 0 Å². The van der Waals surface area contributed by atoms with Gasteiger partial charge in [-0.05, 0) is 18.8 Å². The standard InChI is InChI=1S/C20H31N5O3/c1-15(2)13-22-17(26)16-14-25-12-7-21-18(25)20(28-16)5-10-24(11-6-20)19(27)23-8-3-4-9-23/h7,12,15-16H,3-6,8-11,13-14H2,1-2H3,(H,22,26)/t16-/m1/s1. The third-order valence-corrected chi connectivity index (χ3v) is 6.05. The average molecular weight is 390 g/mol. The molecule has 0 aromatic carbocycles. The molecule has 0 bridgehead atoms. The highest BCUT2D eigenvalue weighted by Crippen LogP contribution is 2.40. The van der Waals surface area contributed by atoms with Gasteiger partial charge in [0.15, 0.2) is 6.10 Å². The van der Waals surface area contributed by atoms with E-state index in [2.05, 4.69) is 24.1 Å². The van der Waals surface area contributed by atoms with E-state index in [-0.39, 0.29) is 11.9 Å². The van der Waals surface area contributed by atoms with Gasteiger partial charge in [-0.1, -0.05) is 13.8 Å². The topological polar surface area (TPSA) is 79.7 Å². The Bertz CT molecular complexity index is 717. The van der Waals surface area contributed by atoms with Gasteiger partial charge >= 0.3 is 6.03 Å². The normalized spacial score (nSPS) is 23.9. The Labute approximate surface area is 166 Å². The highest BCUT2D eigenvalue weighted by Gasteiger charge is 2.48. The molecule has 4 heterocycles. The van der Waals surface area contributed by atoms with Gasteiger partial charge in [0.25, 0.3) is 5.91 Å². The van der Waals surface area contributed by atoms with Gasteiger partial charge in [-0.3, -0.25) is 4.79 Å². The molecule has 0 unspecified atom stereocenters. The molecule has 4 rings (SSSR count). The first-order valence-corrected chi connectivity index (χ1v) is 10.5. The Morgan fingerprint density at radius 3 is 2.57 bits per heavy atom. The number of likely N-dealkylation sites (tertiary alicyclic amines) is 2. The molecule has 3 amide bonds. The molecule has 0 aliphatic carbocycles.